The highest BCUT2D eigenvalue weighted by atomic mass is 31.2. The Morgan fingerprint density at radius 1 is 0.951 bits per heavy atom. The second kappa shape index (κ2) is 14.9. The van der Waals surface area contributed by atoms with Crippen LogP contribution in [0.3, 0.4) is 0 Å². The first-order valence-electron chi connectivity index (χ1n) is 13.9. The van der Waals surface area contributed by atoms with Gasteiger partial charge in [-0.25, -0.2) is 0 Å². The molecule has 3 atom stereocenters. The average molecular weight is 580 g/mol. The topological polar surface area (TPSA) is 108 Å². The molecule has 3 rings (SSSR count). The lowest BCUT2D eigenvalue weighted by Gasteiger charge is -2.33. The van der Waals surface area contributed by atoms with E-state index in [9.17, 15) is 19.0 Å². The van der Waals surface area contributed by atoms with E-state index in [1.807, 2.05) is 68.4 Å². The molecule has 0 spiro atoms. The summed E-state index contributed by atoms with van der Waals surface area (Å²) in [6.45, 7) is 6.24. The lowest BCUT2D eigenvalue weighted by atomic mass is 9.96. The number of anilines is 2. The Hall–Kier alpha value is -3.61. The monoisotopic (exact) mass is 579 g/mol. The van der Waals surface area contributed by atoms with Crippen molar-refractivity contribution in [1.82, 2.24) is 5.32 Å². The first-order chi connectivity index (χ1) is 19.5. The molecular formula is C32H42N3O5P. The molecule has 0 aliphatic heterocycles. The maximum atomic E-state index is 14.1. The van der Waals surface area contributed by atoms with Crippen molar-refractivity contribution in [1.29, 1.82) is 0 Å². The van der Waals surface area contributed by atoms with Gasteiger partial charge in [-0.3, -0.25) is 19.1 Å². The molecule has 0 saturated carbocycles. The third kappa shape index (κ3) is 9.48. The summed E-state index contributed by atoms with van der Waals surface area (Å²) in [6.07, 6.45) is 0.178. The minimum atomic E-state index is -3.78. The van der Waals surface area contributed by atoms with E-state index in [2.05, 4.69) is 10.6 Å². The zero-order valence-electron chi connectivity index (χ0n) is 24.5. The van der Waals surface area contributed by atoms with Crippen LogP contribution in [0.4, 0.5) is 11.4 Å². The summed E-state index contributed by atoms with van der Waals surface area (Å²) >= 11 is 0. The lowest BCUT2D eigenvalue weighted by Crippen LogP contribution is -2.50. The van der Waals surface area contributed by atoms with Gasteiger partial charge in [-0.1, -0.05) is 56.3 Å². The van der Waals surface area contributed by atoms with E-state index in [1.165, 1.54) is 11.9 Å². The number of ether oxygens (including phenoxy) is 1. The van der Waals surface area contributed by atoms with E-state index in [0.717, 1.165) is 16.8 Å². The molecule has 0 aliphatic carbocycles. The van der Waals surface area contributed by atoms with E-state index >= 15 is 0 Å². The van der Waals surface area contributed by atoms with Crippen molar-refractivity contribution in [3.05, 3.63) is 90.0 Å². The van der Waals surface area contributed by atoms with Crippen molar-refractivity contribution in [3.63, 3.8) is 0 Å². The number of methoxy groups -OCH3 is 1. The SMILES string of the molecule is CNC(=O)C(C)N(C(=O)C(CC(C)C)CP(=O)(O)Cc1cccc(NCc2ccccc2)c1)c1ccc(OC)cc1. The molecule has 41 heavy (non-hydrogen) atoms. The number of hydrogen-bond acceptors (Lipinski definition) is 5. The highest BCUT2D eigenvalue weighted by molar-refractivity contribution is 7.57. The van der Waals surface area contributed by atoms with Crippen molar-refractivity contribution in [3.8, 4) is 5.75 Å². The molecule has 0 radical (unpaired) electrons. The normalized spacial score (nSPS) is 14.0. The second-order valence-corrected chi connectivity index (χ2v) is 13.1. The van der Waals surface area contributed by atoms with Crippen LogP contribution in [-0.2, 0) is 26.9 Å². The van der Waals surface area contributed by atoms with E-state index < -0.39 is 19.3 Å². The molecule has 0 aromatic heterocycles. The molecule has 3 N–H and O–H groups in total. The van der Waals surface area contributed by atoms with Crippen LogP contribution >= 0.6 is 7.37 Å². The molecule has 3 aromatic carbocycles. The highest BCUT2D eigenvalue weighted by Crippen LogP contribution is 2.48. The van der Waals surface area contributed by atoms with Crippen molar-refractivity contribution >= 4 is 30.6 Å². The molecular weight excluding hydrogens is 537 g/mol. The third-order valence-corrected chi connectivity index (χ3v) is 8.78. The highest BCUT2D eigenvalue weighted by Gasteiger charge is 2.36. The molecule has 3 aromatic rings. The summed E-state index contributed by atoms with van der Waals surface area (Å²) in [5, 5.41) is 5.97. The lowest BCUT2D eigenvalue weighted by molar-refractivity contribution is -0.127. The number of benzene rings is 3. The van der Waals surface area contributed by atoms with Gasteiger partial charge < -0.3 is 20.3 Å². The summed E-state index contributed by atoms with van der Waals surface area (Å²) in [4.78, 5) is 39.3. The number of carbonyl (C=O) groups excluding carboxylic acids is 2. The van der Waals surface area contributed by atoms with Crippen LogP contribution in [0.15, 0.2) is 78.9 Å². The fourth-order valence-corrected chi connectivity index (χ4v) is 6.79. The summed E-state index contributed by atoms with van der Waals surface area (Å²) in [7, 11) is -0.705. The maximum Gasteiger partial charge on any atom is 0.242 e. The summed E-state index contributed by atoms with van der Waals surface area (Å²) < 4.78 is 18.9. The third-order valence-electron chi connectivity index (χ3n) is 6.91. The average Bonchev–Trinajstić information content (AvgIpc) is 2.95. The van der Waals surface area contributed by atoms with E-state index in [-0.39, 0.29) is 30.1 Å². The molecule has 8 nitrogen and oxygen atoms in total. The summed E-state index contributed by atoms with van der Waals surface area (Å²) in [5.74, 6) is -0.716. The maximum absolute atomic E-state index is 14.1. The second-order valence-electron chi connectivity index (χ2n) is 10.7. The van der Waals surface area contributed by atoms with Crippen molar-refractivity contribution < 1.29 is 23.8 Å². The fourth-order valence-electron chi connectivity index (χ4n) is 4.90. The number of amides is 2. The number of rotatable bonds is 14. The van der Waals surface area contributed by atoms with Gasteiger partial charge in [0.05, 0.1) is 7.11 Å². The van der Waals surface area contributed by atoms with Crippen LogP contribution < -0.4 is 20.3 Å². The minimum absolute atomic E-state index is 0.0523. The van der Waals surface area contributed by atoms with Crippen LogP contribution in [0.2, 0.25) is 0 Å². The summed E-state index contributed by atoms with van der Waals surface area (Å²) in [6, 6.07) is 23.5. The van der Waals surface area contributed by atoms with Gasteiger partial charge in [0.2, 0.25) is 19.2 Å². The number of nitrogens with zero attached hydrogens (tertiary/aromatic N) is 1. The molecule has 9 heteroatoms. The molecule has 0 heterocycles. The van der Waals surface area contributed by atoms with E-state index in [1.54, 1.807) is 38.3 Å². The van der Waals surface area contributed by atoms with E-state index in [4.69, 9.17) is 4.74 Å². The van der Waals surface area contributed by atoms with Crippen molar-refractivity contribution in [2.24, 2.45) is 11.8 Å². The number of likely N-dealkylation sites (N-methyl/N-ethyl adjacent to an activating group) is 1. The van der Waals surface area contributed by atoms with Gasteiger partial charge in [-0.05, 0) is 66.8 Å². The zero-order chi connectivity index (χ0) is 30.0. The molecule has 0 saturated heterocycles. The zero-order valence-corrected chi connectivity index (χ0v) is 25.4. The molecule has 0 bridgehead atoms. The van der Waals surface area contributed by atoms with Gasteiger partial charge in [0, 0.05) is 43.2 Å². The first kappa shape index (κ1) is 31.9. The summed E-state index contributed by atoms with van der Waals surface area (Å²) in [5.41, 5.74) is 3.22. The minimum Gasteiger partial charge on any atom is -0.497 e. The molecule has 0 aliphatic rings. The number of carbonyl (C=O) groups is 2. The number of nitrogens with one attached hydrogen (secondary N) is 2. The standard InChI is InChI=1S/C32H42N3O5P/c1-23(2)18-27(32(37)35(24(3)31(36)33-4)29-14-16-30(40-5)17-15-29)22-41(38,39)21-26-12-9-13-28(19-26)34-20-25-10-7-6-8-11-25/h6-17,19,23-24,27,34H,18,20-22H2,1-5H3,(H,33,36)(H,38,39). The van der Waals surface area contributed by atoms with Crippen LogP contribution in [-0.4, -0.2) is 43.1 Å². The van der Waals surface area contributed by atoms with Crippen molar-refractivity contribution in [2.45, 2.75) is 45.9 Å². The van der Waals surface area contributed by atoms with Crippen LogP contribution in [0.1, 0.15) is 38.3 Å². The Bertz CT molecular complexity index is 1330. The Morgan fingerprint density at radius 3 is 2.22 bits per heavy atom. The van der Waals surface area contributed by atoms with Gasteiger partial charge in [-0.15, -0.1) is 0 Å². The largest absolute Gasteiger partial charge is 0.497 e. The molecule has 0 fully saturated rings. The first-order valence-corrected chi connectivity index (χ1v) is 15.9. The van der Waals surface area contributed by atoms with Crippen LogP contribution in [0.25, 0.3) is 0 Å². The number of hydrogen-bond donors (Lipinski definition) is 3. The van der Waals surface area contributed by atoms with Crippen LogP contribution in [0.5, 0.6) is 5.75 Å². The Labute approximate surface area is 243 Å². The van der Waals surface area contributed by atoms with Gasteiger partial charge in [0.1, 0.15) is 11.8 Å². The van der Waals surface area contributed by atoms with E-state index in [0.29, 0.717) is 24.4 Å². The fraction of sp³-hybridized carbons (Fsp3) is 0.375. The Kier molecular flexibility index (Phi) is 11.6. The van der Waals surface area contributed by atoms with Gasteiger partial charge in [-0.2, -0.15) is 0 Å². The quantitative estimate of drug-likeness (QED) is 0.205. The van der Waals surface area contributed by atoms with Crippen molar-refractivity contribution in [2.75, 3.05) is 30.5 Å². The molecule has 3 unspecified atom stereocenters. The predicted octanol–water partition coefficient (Wildman–Crippen LogP) is 5.91. The predicted molar refractivity (Wildman–Crippen MR) is 166 cm³/mol. The Balaban J connectivity index is 1.82. The molecule has 2 amide bonds. The van der Waals surface area contributed by atoms with Gasteiger partial charge in [0.25, 0.3) is 0 Å². The van der Waals surface area contributed by atoms with Gasteiger partial charge >= 0.3 is 0 Å². The Morgan fingerprint density at radius 2 is 1.61 bits per heavy atom. The smallest absolute Gasteiger partial charge is 0.242 e. The van der Waals surface area contributed by atoms with Gasteiger partial charge in [0.15, 0.2) is 0 Å². The molecule has 220 valence electrons. The van der Waals surface area contributed by atoms with Crippen LogP contribution in [0, 0.1) is 11.8 Å².